The van der Waals surface area contributed by atoms with E-state index >= 15 is 0 Å². The van der Waals surface area contributed by atoms with Crippen LogP contribution in [0.2, 0.25) is 0 Å². The molecule has 0 aliphatic carbocycles. The fourth-order valence-electron chi connectivity index (χ4n) is 2.57. The van der Waals surface area contributed by atoms with Gasteiger partial charge in [0, 0.05) is 29.0 Å². The Labute approximate surface area is 118 Å². The van der Waals surface area contributed by atoms with Gasteiger partial charge in [-0.1, -0.05) is 38.1 Å². The van der Waals surface area contributed by atoms with Gasteiger partial charge in [0.25, 0.3) is 0 Å². The lowest BCUT2D eigenvalue weighted by molar-refractivity contribution is 0.646. The third-order valence-electron chi connectivity index (χ3n) is 3.60. The van der Waals surface area contributed by atoms with E-state index in [0.29, 0.717) is 0 Å². The Balaban J connectivity index is 2.07. The Bertz CT molecular complexity index is 601. The molecule has 0 radical (unpaired) electrons. The van der Waals surface area contributed by atoms with Crippen LogP contribution in [0.3, 0.4) is 0 Å². The highest BCUT2D eigenvalue weighted by atomic mass is 32.2. The average molecular weight is 273 g/mol. The van der Waals surface area contributed by atoms with Crippen molar-refractivity contribution in [1.29, 1.82) is 0 Å². The molecule has 0 amide bonds. The maximum Gasteiger partial charge on any atom is 0.164 e. The number of hydrogen-bond donors (Lipinski definition) is 0. The van der Waals surface area contributed by atoms with Crippen molar-refractivity contribution in [3.05, 3.63) is 35.7 Å². The maximum atomic E-state index is 4.44. The van der Waals surface area contributed by atoms with Crippen molar-refractivity contribution in [3.63, 3.8) is 0 Å². The molecule has 0 atom stereocenters. The van der Waals surface area contributed by atoms with E-state index in [1.54, 1.807) is 0 Å². The van der Waals surface area contributed by atoms with E-state index in [0.717, 1.165) is 30.4 Å². The summed E-state index contributed by atoms with van der Waals surface area (Å²) in [5.41, 5.74) is 2.46. The van der Waals surface area contributed by atoms with Gasteiger partial charge in [-0.05, 0) is 12.5 Å². The lowest BCUT2D eigenvalue weighted by Gasteiger charge is -2.19. The van der Waals surface area contributed by atoms with Gasteiger partial charge in [0.1, 0.15) is 5.82 Å². The van der Waals surface area contributed by atoms with Crippen LogP contribution in [0.4, 0.5) is 0 Å². The number of fused-ring (bicyclic) bond motifs is 1. The first kappa shape index (κ1) is 12.7. The molecule has 0 bridgehead atoms. The second-order valence-electron chi connectivity index (χ2n) is 5.69. The molecule has 1 aromatic heterocycles. The fraction of sp³-hybridized carbons (Fsp3) is 0.467. The van der Waals surface area contributed by atoms with Crippen molar-refractivity contribution < 1.29 is 0 Å². The van der Waals surface area contributed by atoms with E-state index in [2.05, 4.69) is 59.8 Å². The van der Waals surface area contributed by atoms with E-state index in [-0.39, 0.29) is 4.75 Å². The Morgan fingerprint density at radius 2 is 2.00 bits per heavy atom. The molecule has 3 rings (SSSR count). The van der Waals surface area contributed by atoms with Crippen LogP contribution >= 0.6 is 11.8 Å². The second kappa shape index (κ2) is 4.67. The van der Waals surface area contributed by atoms with Gasteiger partial charge in [0.05, 0.1) is 0 Å². The highest BCUT2D eigenvalue weighted by Crippen LogP contribution is 2.33. The molecule has 100 valence electrons. The summed E-state index contributed by atoms with van der Waals surface area (Å²) in [4.78, 5) is 0. The first-order chi connectivity index (χ1) is 9.07. The summed E-state index contributed by atoms with van der Waals surface area (Å²) < 4.78 is 2.55. The molecule has 2 aromatic rings. The lowest BCUT2D eigenvalue weighted by Crippen LogP contribution is -2.18. The van der Waals surface area contributed by atoms with E-state index < -0.39 is 0 Å². The van der Waals surface area contributed by atoms with Crippen molar-refractivity contribution in [3.8, 4) is 11.4 Å². The summed E-state index contributed by atoms with van der Waals surface area (Å²) in [5.74, 6) is 3.26. The molecule has 2 heterocycles. The van der Waals surface area contributed by atoms with Crippen molar-refractivity contribution in [1.82, 2.24) is 14.8 Å². The first-order valence-corrected chi connectivity index (χ1v) is 7.67. The number of rotatable bonds is 1. The molecule has 1 aliphatic rings. The van der Waals surface area contributed by atoms with E-state index in [9.17, 15) is 0 Å². The summed E-state index contributed by atoms with van der Waals surface area (Å²) >= 11 is 2.02. The topological polar surface area (TPSA) is 30.7 Å². The van der Waals surface area contributed by atoms with Gasteiger partial charge in [0.15, 0.2) is 5.82 Å². The van der Waals surface area contributed by atoms with Crippen molar-refractivity contribution in [2.75, 3.05) is 5.75 Å². The first-order valence-electron chi connectivity index (χ1n) is 6.69. The number of nitrogens with zero attached hydrogens (tertiary/aromatic N) is 3. The molecule has 0 unspecified atom stereocenters. The number of hydrogen-bond acceptors (Lipinski definition) is 3. The van der Waals surface area contributed by atoms with E-state index in [1.807, 2.05) is 11.8 Å². The minimum absolute atomic E-state index is 0.254. The van der Waals surface area contributed by atoms with Gasteiger partial charge >= 0.3 is 0 Å². The molecule has 0 saturated carbocycles. The smallest absolute Gasteiger partial charge is 0.164 e. The van der Waals surface area contributed by atoms with Crippen LogP contribution in [0.25, 0.3) is 11.4 Å². The Kier molecular flexibility index (Phi) is 3.13. The highest BCUT2D eigenvalue weighted by molar-refractivity contribution is 8.00. The number of thioether (sulfide) groups is 1. The standard InChI is InChI=1S/C15H19N3S/c1-11-6-4-5-7-12(11)14-17-16-13-10-15(2,3)19-9-8-18(13)14/h4-7H,8-10H2,1-3H3. The average Bonchev–Trinajstić information content (AvgIpc) is 2.65. The number of benzene rings is 1. The van der Waals surface area contributed by atoms with Crippen LogP contribution in [-0.2, 0) is 13.0 Å². The Hall–Kier alpha value is -1.29. The summed E-state index contributed by atoms with van der Waals surface area (Å²) in [7, 11) is 0. The molecule has 0 N–H and O–H groups in total. The highest BCUT2D eigenvalue weighted by Gasteiger charge is 2.27. The molecule has 0 saturated heterocycles. The zero-order valence-corrected chi connectivity index (χ0v) is 12.5. The third-order valence-corrected chi connectivity index (χ3v) is 4.92. The molecule has 3 nitrogen and oxygen atoms in total. The van der Waals surface area contributed by atoms with Crippen LogP contribution in [0.5, 0.6) is 0 Å². The fourth-order valence-corrected chi connectivity index (χ4v) is 3.63. The van der Waals surface area contributed by atoms with Crippen LogP contribution in [0.15, 0.2) is 24.3 Å². The van der Waals surface area contributed by atoms with Gasteiger partial charge in [-0.2, -0.15) is 11.8 Å². The van der Waals surface area contributed by atoms with Gasteiger partial charge in [-0.25, -0.2) is 0 Å². The quantitative estimate of drug-likeness (QED) is 0.798. The maximum absolute atomic E-state index is 4.44. The van der Waals surface area contributed by atoms with E-state index in [1.165, 1.54) is 11.1 Å². The summed E-state index contributed by atoms with van der Waals surface area (Å²) in [6.07, 6.45) is 0.983. The zero-order chi connectivity index (χ0) is 13.5. The molecule has 19 heavy (non-hydrogen) atoms. The van der Waals surface area contributed by atoms with Crippen molar-refractivity contribution in [2.45, 2.75) is 38.5 Å². The van der Waals surface area contributed by atoms with Gasteiger partial charge in [-0.3, -0.25) is 0 Å². The van der Waals surface area contributed by atoms with Crippen LogP contribution < -0.4 is 0 Å². The minimum Gasteiger partial charge on any atom is -0.310 e. The monoisotopic (exact) mass is 273 g/mol. The SMILES string of the molecule is Cc1ccccc1-c1nnc2n1CCSC(C)(C)C2. The minimum atomic E-state index is 0.254. The summed E-state index contributed by atoms with van der Waals surface area (Å²) in [5, 5.41) is 8.87. The van der Waals surface area contributed by atoms with Gasteiger partial charge in [-0.15, -0.1) is 10.2 Å². The van der Waals surface area contributed by atoms with Gasteiger partial charge in [0.2, 0.25) is 0 Å². The van der Waals surface area contributed by atoms with Gasteiger partial charge < -0.3 is 4.57 Å². The second-order valence-corrected chi connectivity index (χ2v) is 7.49. The number of aromatic nitrogens is 3. The third kappa shape index (κ3) is 2.41. The predicted molar refractivity (Wildman–Crippen MR) is 80.4 cm³/mol. The van der Waals surface area contributed by atoms with Crippen molar-refractivity contribution >= 4 is 11.8 Å². The molecule has 0 spiro atoms. The molecule has 4 heteroatoms. The summed E-state index contributed by atoms with van der Waals surface area (Å²) in [6.45, 7) is 7.71. The Morgan fingerprint density at radius 3 is 2.79 bits per heavy atom. The number of aryl methyl sites for hydroxylation is 1. The molecule has 1 aliphatic heterocycles. The van der Waals surface area contributed by atoms with Crippen molar-refractivity contribution in [2.24, 2.45) is 0 Å². The lowest BCUT2D eigenvalue weighted by atomic mass is 10.1. The normalized spacial score (nSPS) is 17.8. The zero-order valence-electron chi connectivity index (χ0n) is 11.7. The van der Waals surface area contributed by atoms with Crippen LogP contribution in [0.1, 0.15) is 25.2 Å². The molecule has 0 fully saturated rings. The Morgan fingerprint density at radius 1 is 1.21 bits per heavy atom. The molecular formula is C15H19N3S. The van der Waals surface area contributed by atoms with Crippen LogP contribution in [-0.4, -0.2) is 25.3 Å². The summed E-state index contributed by atoms with van der Waals surface area (Å²) in [6, 6.07) is 8.40. The van der Waals surface area contributed by atoms with E-state index in [4.69, 9.17) is 0 Å². The predicted octanol–water partition coefficient (Wildman–Crippen LogP) is 3.32. The largest absolute Gasteiger partial charge is 0.310 e. The molecular weight excluding hydrogens is 254 g/mol. The van der Waals surface area contributed by atoms with Crippen LogP contribution in [0, 0.1) is 6.92 Å². The molecule has 1 aromatic carbocycles.